The Bertz CT molecular complexity index is 636. The fourth-order valence-electron chi connectivity index (χ4n) is 3.20. The number of aliphatic hydroxyl groups excluding tert-OH is 1. The van der Waals surface area contributed by atoms with E-state index in [1.165, 1.54) is 0 Å². The van der Waals surface area contributed by atoms with Crippen LogP contribution in [0.3, 0.4) is 0 Å². The lowest BCUT2D eigenvalue weighted by molar-refractivity contribution is 0.107. The van der Waals surface area contributed by atoms with Crippen LogP contribution in [0.15, 0.2) is 12.1 Å². The van der Waals surface area contributed by atoms with E-state index in [0.717, 1.165) is 67.6 Å². The van der Waals surface area contributed by atoms with Gasteiger partial charge in [-0.3, -0.25) is 9.80 Å². The van der Waals surface area contributed by atoms with E-state index in [1.54, 1.807) is 0 Å². The van der Waals surface area contributed by atoms with Crippen LogP contribution in [0.5, 0.6) is 11.5 Å². The maximum atomic E-state index is 9.00. The number of piperazine rings is 1. The van der Waals surface area contributed by atoms with Crippen molar-refractivity contribution in [1.29, 1.82) is 0 Å². The van der Waals surface area contributed by atoms with E-state index in [0.29, 0.717) is 13.2 Å². The van der Waals surface area contributed by atoms with Crippen molar-refractivity contribution in [3.63, 3.8) is 0 Å². The molecule has 0 bridgehead atoms. The first-order valence-electron chi connectivity index (χ1n) is 8.15. The van der Waals surface area contributed by atoms with Crippen LogP contribution in [0.4, 0.5) is 0 Å². The molecule has 1 aromatic carbocycles. The normalized spacial score (nSPS) is 19.3. The standard InChI is InChI=1S/C16H22N4O3/c21-6-5-19-1-3-20(4-2-19)11-16-17-12-9-14-15(10-13(12)18-16)23-8-7-22-14/h9-10,21H,1-8,11H2,(H,17,18). The number of ether oxygens (including phenoxy) is 2. The molecule has 124 valence electrons. The third kappa shape index (κ3) is 3.12. The van der Waals surface area contributed by atoms with Crippen LogP contribution in [-0.2, 0) is 6.54 Å². The molecule has 7 heteroatoms. The van der Waals surface area contributed by atoms with E-state index in [-0.39, 0.29) is 6.61 Å². The number of imidazole rings is 1. The zero-order chi connectivity index (χ0) is 15.6. The van der Waals surface area contributed by atoms with E-state index in [9.17, 15) is 0 Å². The monoisotopic (exact) mass is 318 g/mol. The van der Waals surface area contributed by atoms with Gasteiger partial charge in [0, 0.05) is 44.9 Å². The van der Waals surface area contributed by atoms with Gasteiger partial charge in [-0.2, -0.15) is 0 Å². The van der Waals surface area contributed by atoms with Gasteiger partial charge >= 0.3 is 0 Å². The predicted octanol–water partition coefficient (Wildman–Crippen LogP) is 0.444. The van der Waals surface area contributed by atoms with Crippen molar-refractivity contribution in [1.82, 2.24) is 19.8 Å². The highest BCUT2D eigenvalue weighted by atomic mass is 16.6. The number of nitrogens with one attached hydrogen (secondary N) is 1. The lowest BCUT2D eigenvalue weighted by Gasteiger charge is -2.33. The fourth-order valence-corrected chi connectivity index (χ4v) is 3.20. The number of H-pyrrole nitrogens is 1. The molecule has 0 radical (unpaired) electrons. The molecule has 1 fully saturated rings. The number of rotatable bonds is 4. The van der Waals surface area contributed by atoms with Crippen LogP contribution < -0.4 is 9.47 Å². The van der Waals surface area contributed by atoms with E-state index in [2.05, 4.69) is 19.8 Å². The summed E-state index contributed by atoms with van der Waals surface area (Å²) in [5.41, 5.74) is 1.91. The zero-order valence-electron chi connectivity index (χ0n) is 13.1. The van der Waals surface area contributed by atoms with Gasteiger partial charge in [-0.25, -0.2) is 4.98 Å². The lowest BCUT2D eigenvalue weighted by Crippen LogP contribution is -2.46. The smallest absolute Gasteiger partial charge is 0.163 e. The largest absolute Gasteiger partial charge is 0.486 e. The Kier molecular flexibility index (Phi) is 4.07. The third-order valence-electron chi connectivity index (χ3n) is 4.45. The number of hydrogen-bond acceptors (Lipinski definition) is 6. The first kappa shape index (κ1) is 14.7. The molecule has 23 heavy (non-hydrogen) atoms. The van der Waals surface area contributed by atoms with Gasteiger partial charge in [0.15, 0.2) is 11.5 Å². The number of benzene rings is 1. The highest BCUT2D eigenvalue weighted by Crippen LogP contribution is 2.33. The van der Waals surface area contributed by atoms with Crippen LogP contribution in [0.1, 0.15) is 5.82 Å². The molecule has 2 aromatic rings. The molecule has 4 rings (SSSR count). The minimum atomic E-state index is 0.235. The maximum Gasteiger partial charge on any atom is 0.163 e. The third-order valence-corrected chi connectivity index (χ3v) is 4.45. The van der Waals surface area contributed by atoms with Gasteiger partial charge < -0.3 is 19.6 Å². The van der Waals surface area contributed by atoms with Crippen LogP contribution >= 0.6 is 0 Å². The van der Waals surface area contributed by atoms with Gasteiger partial charge in [0.2, 0.25) is 0 Å². The average molecular weight is 318 g/mol. The Hall–Kier alpha value is -1.83. The van der Waals surface area contributed by atoms with Crippen molar-refractivity contribution >= 4 is 11.0 Å². The highest BCUT2D eigenvalue weighted by molar-refractivity contribution is 5.79. The Morgan fingerprint density at radius 1 is 1.04 bits per heavy atom. The number of fused-ring (bicyclic) bond motifs is 2. The molecule has 0 unspecified atom stereocenters. The summed E-state index contributed by atoms with van der Waals surface area (Å²) in [5.74, 6) is 2.54. The molecule has 1 saturated heterocycles. The average Bonchev–Trinajstić information content (AvgIpc) is 2.95. The first-order valence-corrected chi connectivity index (χ1v) is 8.15. The lowest BCUT2D eigenvalue weighted by atomic mass is 10.2. The second kappa shape index (κ2) is 6.35. The van der Waals surface area contributed by atoms with Crippen LogP contribution in [0.2, 0.25) is 0 Å². The summed E-state index contributed by atoms with van der Waals surface area (Å²) in [6.45, 7) is 7.00. The number of aromatic nitrogens is 2. The van der Waals surface area contributed by atoms with E-state index >= 15 is 0 Å². The summed E-state index contributed by atoms with van der Waals surface area (Å²) >= 11 is 0. The molecule has 2 N–H and O–H groups in total. The van der Waals surface area contributed by atoms with Crippen LogP contribution in [-0.4, -0.2) is 77.4 Å². The molecule has 0 atom stereocenters. The summed E-state index contributed by atoms with van der Waals surface area (Å²) in [5, 5.41) is 9.00. The van der Waals surface area contributed by atoms with Crippen molar-refractivity contribution in [3.05, 3.63) is 18.0 Å². The molecule has 0 aliphatic carbocycles. The molecule has 2 aliphatic rings. The second-order valence-electron chi connectivity index (χ2n) is 6.04. The number of aliphatic hydroxyl groups is 1. The quantitative estimate of drug-likeness (QED) is 0.852. The maximum absolute atomic E-state index is 9.00. The minimum Gasteiger partial charge on any atom is -0.486 e. The second-order valence-corrected chi connectivity index (χ2v) is 6.04. The molecule has 7 nitrogen and oxygen atoms in total. The minimum absolute atomic E-state index is 0.235. The highest BCUT2D eigenvalue weighted by Gasteiger charge is 2.19. The molecular weight excluding hydrogens is 296 g/mol. The summed E-state index contributed by atoms with van der Waals surface area (Å²) in [4.78, 5) is 12.7. The number of β-amino-alcohol motifs (C(OH)–C–C–N with tert-alkyl or cyclic N) is 1. The molecule has 2 aliphatic heterocycles. The fraction of sp³-hybridized carbons (Fsp3) is 0.562. The number of hydrogen-bond donors (Lipinski definition) is 2. The van der Waals surface area contributed by atoms with Gasteiger partial charge in [-0.1, -0.05) is 0 Å². The summed E-state index contributed by atoms with van der Waals surface area (Å²) in [7, 11) is 0. The Morgan fingerprint density at radius 2 is 1.74 bits per heavy atom. The Balaban J connectivity index is 1.45. The zero-order valence-corrected chi connectivity index (χ0v) is 13.1. The first-order chi connectivity index (χ1) is 11.3. The van der Waals surface area contributed by atoms with Crippen molar-refractivity contribution in [2.45, 2.75) is 6.54 Å². The van der Waals surface area contributed by atoms with E-state index in [1.807, 2.05) is 12.1 Å². The SMILES string of the molecule is OCCN1CCN(Cc2nc3cc4c(cc3[nH]2)OCCO4)CC1. The van der Waals surface area contributed by atoms with E-state index < -0.39 is 0 Å². The van der Waals surface area contributed by atoms with Crippen molar-refractivity contribution in [2.24, 2.45) is 0 Å². The summed E-state index contributed by atoms with van der Waals surface area (Å²) in [6.07, 6.45) is 0. The Labute approximate surface area is 134 Å². The summed E-state index contributed by atoms with van der Waals surface area (Å²) < 4.78 is 11.2. The van der Waals surface area contributed by atoms with Crippen LogP contribution in [0.25, 0.3) is 11.0 Å². The van der Waals surface area contributed by atoms with Gasteiger partial charge in [-0.05, 0) is 0 Å². The van der Waals surface area contributed by atoms with Gasteiger partial charge in [0.05, 0.1) is 24.2 Å². The summed E-state index contributed by atoms with van der Waals surface area (Å²) in [6, 6.07) is 3.92. The van der Waals surface area contributed by atoms with E-state index in [4.69, 9.17) is 14.6 Å². The molecular formula is C16H22N4O3. The van der Waals surface area contributed by atoms with Gasteiger partial charge in [0.25, 0.3) is 0 Å². The van der Waals surface area contributed by atoms with Gasteiger partial charge in [-0.15, -0.1) is 0 Å². The number of aromatic amines is 1. The predicted molar refractivity (Wildman–Crippen MR) is 85.9 cm³/mol. The molecule has 3 heterocycles. The van der Waals surface area contributed by atoms with Crippen molar-refractivity contribution in [3.8, 4) is 11.5 Å². The van der Waals surface area contributed by atoms with Crippen molar-refractivity contribution < 1.29 is 14.6 Å². The van der Waals surface area contributed by atoms with Crippen LogP contribution in [0, 0.1) is 0 Å². The molecule has 0 saturated carbocycles. The van der Waals surface area contributed by atoms with Gasteiger partial charge in [0.1, 0.15) is 19.0 Å². The molecule has 0 amide bonds. The molecule has 0 spiro atoms. The van der Waals surface area contributed by atoms with Crippen molar-refractivity contribution in [2.75, 3.05) is 52.5 Å². The number of nitrogens with zero attached hydrogens (tertiary/aromatic N) is 3. The molecule has 1 aromatic heterocycles. The Morgan fingerprint density at radius 3 is 2.48 bits per heavy atom. The topological polar surface area (TPSA) is 73.9 Å².